The van der Waals surface area contributed by atoms with E-state index in [2.05, 4.69) is 57.5 Å². The molecular formula is C15H14BrN3. The van der Waals surface area contributed by atoms with Gasteiger partial charge in [-0.05, 0) is 36.8 Å². The molecule has 4 heteroatoms. The van der Waals surface area contributed by atoms with Crippen molar-refractivity contribution in [3.63, 3.8) is 0 Å². The van der Waals surface area contributed by atoms with Gasteiger partial charge < -0.3 is 5.32 Å². The second-order valence-corrected chi connectivity index (χ2v) is 5.37. The minimum absolute atomic E-state index is 0.767. The maximum atomic E-state index is 4.33. The highest BCUT2D eigenvalue weighted by Crippen LogP contribution is 2.21. The molecule has 0 fully saturated rings. The lowest BCUT2D eigenvalue weighted by Crippen LogP contribution is -1.99. The molecule has 1 aromatic carbocycles. The minimum atomic E-state index is 0.767. The van der Waals surface area contributed by atoms with Crippen molar-refractivity contribution in [3.8, 4) is 0 Å². The number of benzene rings is 1. The smallest absolute Gasteiger partial charge is 0.0711 e. The van der Waals surface area contributed by atoms with Crippen LogP contribution in [0.1, 0.15) is 11.1 Å². The highest BCUT2D eigenvalue weighted by atomic mass is 79.9. The third kappa shape index (κ3) is 2.49. The number of aryl methyl sites for hydroxylation is 1. The summed E-state index contributed by atoms with van der Waals surface area (Å²) in [6.07, 6.45) is 3.87. The summed E-state index contributed by atoms with van der Waals surface area (Å²) in [5.41, 5.74) is 4.67. The molecule has 3 nitrogen and oxygen atoms in total. The molecule has 1 N–H and O–H groups in total. The third-order valence-electron chi connectivity index (χ3n) is 3.16. The Kier molecular flexibility index (Phi) is 3.25. The van der Waals surface area contributed by atoms with Crippen LogP contribution in [0.3, 0.4) is 0 Å². The van der Waals surface area contributed by atoms with E-state index in [0.29, 0.717) is 0 Å². The monoisotopic (exact) mass is 315 g/mol. The predicted octanol–water partition coefficient (Wildman–Crippen LogP) is 4.02. The van der Waals surface area contributed by atoms with Gasteiger partial charge in [0.2, 0.25) is 0 Å². The van der Waals surface area contributed by atoms with Gasteiger partial charge in [-0.3, -0.25) is 0 Å². The summed E-state index contributed by atoms with van der Waals surface area (Å²) in [5, 5.41) is 7.75. The fourth-order valence-corrected chi connectivity index (χ4v) is 2.40. The Morgan fingerprint density at radius 3 is 3.00 bits per heavy atom. The maximum Gasteiger partial charge on any atom is 0.0711 e. The fraction of sp³-hybridized carbons (Fsp3) is 0.133. The number of fused-ring (bicyclic) bond motifs is 1. The number of nitrogens with one attached hydrogen (secondary N) is 1. The predicted molar refractivity (Wildman–Crippen MR) is 81.4 cm³/mol. The van der Waals surface area contributed by atoms with Crippen molar-refractivity contribution in [2.75, 3.05) is 5.32 Å². The van der Waals surface area contributed by atoms with E-state index in [1.165, 1.54) is 11.1 Å². The van der Waals surface area contributed by atoms with E-state index in [-0.39, 0.29) is 0 Å². The average Bonchev–Trinajstić information content (AvgIpc) is 2.83. The van der Waals surface area contributed by atoms with Gasteiger partial charge in [0, 0.05) is 28.5 Å². The summed E-state index contributed by atoms with van der Waals surface area (Å²) >= 11 is 3.55. The van der Waals surface area contributed by atoms with E-state index < -0.39 is 0 Å². The molecule has 0 spiro atoms. The molecule has 3 aromatic rings. The Morgan fingerprint density at radius 1 is 1.26 bits per heavy atom. The highest BCUT2D eigenvalue weighted by Gasteiger charge is 2.03. The summed E-state index contributed by atoms with van der Waals surface area (Å²) in [6.45, 7) is 2.85. The first kappa shape index (κ1) is 12.2. The van der Waals surface area contributed by atoms with Crippen LogP contribution in [-0.2, 0) is 6.54 Å². The molecule has 0 amide bonds. The van der Waals surface area contributed by atoms with Crippen LogP contribution < -0.4 is 5.32 Å². The maximum absolute atomic E-state index is 4.33. The lowest BCUT2D eigenvalue weighted by Gasteiger charge is -2.07. The van der Waals surface area contributed by atoms with Gasteiger partial charge in [0.05, 0.1) is 11.7 Å². The number of nitrogens with zero attached hydrogens (tertiary/aromatic N) is 2. The molecule has 0 bridgehead atoms. The molecule has 2 aromatic heterocycles. The molecular weight excluding hydrogens is 302 g/mol. The highest BCUT2D eigenvalue weighted by molar-refractivity contribution is 9.10. The van der Waals surface area contributed by atoms with Crippen LogP contribution in [0, 0.1) is 6.92 Å². The van der Waals surface area contributed by atoms with E-state index in [9.17, 15) is 0 Å². The molecule has 0 radical (unpaired) electrons. The largest absolute Gasteiger partial charge is 0.381 e. The molecule has 0 unspecified atom stereocenters. The van der Waals surface area contributed by atoms with Crippen molar-refractivity contribution >= 4 is 27.1 Å². The van der Waals surface area contributed by atoms with Gasteiger partial charge in [0.15, 0.2) is 0 Å². The summed E-state index contributed by atoms with van der Waals surface area (Å²) in [6, 6.07) is 12.4. The first-order valence-electron chi connectivity index (χ1n) is 6.15. The average molecular weight is 316 g/mol. The van der Waals surface area contributed by atoms with Crippen molar-refractivity contribution < 1.29 is 0 Å². The van der Waals surface area contributed by atoms with Gasteiger partial charge in [0.25, 0.3) is 0 Å². The Bertz CT molecular complexity index is 718. The Hall–Kier alpha value is -1.81. The summed E-state index contributed by atoms with van der Waals surface area (Å²) < 4.78 is 3.01. The molecule has 0 aliphatic heterocycles. The van der Waals surface area contributed by atoms with Crippen LogP contribution in [0.4, 0.5) is 5.69 Å². The topological polar surface area (TPSA) is 29.3 Å². The Balaban J connectivity index is 1.80. The van der Waals surface area contributed by atoms with Crippen molar-refractivity contribution in [2.24, 2.45) is 0 Å². The number of aromatic nitrogens is 2. The van der Waals surface area contributed by atoms with E-state index in [0.717, 1.165) is 22.2 Å². The Labute approximate surface area is 120 Å². The molecule has 0 saturated carbocycles. The van der Waals surface area contributed by atoms with Gasteiger partial charge in [-0.25, -0.2) is 4.52 Å². The summed E-state index contributed by atoms with van der Waals surface area (Å²) in [4.78, 5) is 0. The lowest BCUT2D eigenvalue weighted by atomic mass is 10.2. The number of pyridine rings is 1. The van der Waals surface area contributed by atoms with Crippen LogP contribution in [0.15, 0.2) is 53.3 Å². The zero-order valence-electron chi connectivity index (χ0n) is 10.6. The van der Waals surface area contributed by atoms with Crippen LogP contribution in [0.2, 0.25) is 0 Å². The van der Waals surface area contributed by atoms with Crippen molar-refractivity contribution in [1.82, 2.24) is 9.61 Å². The number of rotatable bonds is 3. The number of hydrogen-bond acceptors (Lipinski definition) is 2. The zero-order valence-corrected chi connectivity index (χ0v) is 12.2. The van der Waals surface area contributed by atoms with E-state index in [1.54, 1.807) is 0 Å². The van der Waals surface area contributed by atoms with Crippen LogP contribution in [0.25, 0.3) is 5.52 Å². The number of anilines is 1. The molecule has 19 heavy (non-hydrogen) atoms. The fourth-order valence-electron chi connectivity index (χ4n) is 2.02. The third-order valence-corrected chi connectivity index (χ3v) is 4.02. The molecule has 3 rings (SSSR count). The minimum Gasteiger partial charge on any atom is -0.381 e. The standard InChI is InChI=1S/C15H14BrN3/c1-11-5-6-13(8-14(11)16)17-9-12-10-18-19-7-3-2-4-15(12)19/h2-8,10,17H,9H2,1H3. The van der Waals surface area contributed by atoms with Gasteiger partial charge in [0.1, 0.15) is 0 Å². The second kappa shape index (κ2) is 5.05. The Morgan fingerprint density at radius 2 is 2.16 bits per heavy atom. The van der Waals surface area contributed by atoms with E-state index in [4.69, 9.17) is 0 Å². The molecule has 0 aliphatic rings. The zero-order chi connectivity index (χ0) is 13.2. The molecule has 0 saturated heterocycles. The van der Waals surface area contributed by atoms with Crippen molar-refractivity contribution in [1.29, 1.82) is 0 Å². The molecule has 2 heterocycles. The normalized spacial score (nSPS) is 10.8. The van der Waals surface area contributed by atoms with E-state index >= 15 is 0 Å². The molecule has 0 aliphatic carbocycles. The SMILES string of the molecule is Cc1ccc(NCc2cnn3ccccc23)cc1Br. The summed E-state index contributed by atoms with van der Waals surface area (Å²) in [7, 11) is 0. The van der Waals surface area contributed by atoms with Gasteiger partial charge in [-0.2, -0.15) is 5.10 Å². The first-order valence-corrected chi connectivity index (χ1v) is 6.94. The second-order valence-electron chi connectivity index (χ2n) is 4.52. The van der Waals surface area contributed by atoms with Crippen LogP contribution >= 0.6 is 15.9 Å². The van der Waals surface area contributed by atoms with Crippen LogP contribution in [-0.4, -0.2) is 9.61 Å². The molecule has 0 atom stereocenters. The van der Waals surface area contributed by atoms with Gasteiger partial charge in [-0.15, -0.1) is 0 Å². The van der Waals surface area contributed by atoms with Crippen LogP contribution in [0.5, 0.6) is 0 Å². The lowest BCUT2D eigenvalue weighted by molar-refractivity contribution is 0.961. The van der Waals surface area contributed by atoms with Crippen molar-refractivity contribution in [3.05, 3.63) is 64.4 Å². The van der Waals surface area contributed by atoms with Crippen molar-refractivity contribution in [2.45, 2.75) is 13.5 Å². The van der Waals surface area contributed by atoms with Gasteiger partial charge >= 0.3 is 0 Å². The quantitative estimate of drug-likeness (QED) is 0.791. The summed E-state index contributed by atoms with van der Waals surface area (Å²) in [5.74, 6) is 0. The number of halogens is 1. The van der Waals surface area contributed by atoms with E-state index in [1.807, 2.05) is 29.0 Å². The van der Waals surface area contributed by atoms with Gasteiger partial charge in [-0.1, -0.05) is 28.1 Å². The molecule has 96 valence electrons. The number of hydrogen-bond donors (Lipinski definition) is 1. The first-order chi connectivity index (χ1) is 9.24.